The van der Waals surface area contributed by atoms with E-state index in [9.17, 15) is 13.9 Å². The van der Waals surface area contributed by atoms with E-state index in [0.29, 0.717) is 18.7 Å². The minimum Gasteiger partial charge on any atom is -0.389 e. The van der Waals surface area contributed by atoms with Crippen molar-refractivity contribution in [2.75, 3.05) is 26.2 Å². The Morgan fingerprint density at radius 1 is 1.17 bits per heavy atom. The summed E-state index contributed by atoms with van der Waals surface area (Å²) in [7, 11) is 0. The van der Waals surface area contributed by atoms with Gasteiger partial charge in [-0.1, -0.05) is 6.07 Å². The van der Waals surface area contributed by atoms with Gasteiger partial charge >= 0.3 is 0 Å². The molecular weight excluding hydrogens is 304 g/mol. The number of rotatable bonds is 5. The lowest BCUT2D eigenvalue weighted by Crippen LogP contribution is -2.49. The lowest BCUT2D eigenvalue weighted by molar-refractivity contribution is 0.0286. The second-order valence-electron chi connectivity index (χ2n) is 5.62. The van der Waals surface area contributed by atoms with Gasteiger partial charge in [-0.2, -0.15) is 0 Å². The van der Waals surface area contributed by atoms with Crippen molar-refractivity contribution in [1.82, 2.24) is 25.0 Å². The fourth-order valence-corrected chi connectivity index (χ4v) is 2.98. The maximum absolute atomic E-state index is 14.3. The number of piperazine rings is 1. The first-order valence-electron chi connectivity index (χ1n) is 7.55. The van der Waals surface area contributed by atoms with Crippen LogP contribution in [0.15, 0.2) is 30.9 Å². The first-order chi connectivity index (χ1) is 11.1. The molecule has 0 spiro atoms. The van der Waals surface area contributed by atoms with Crippen molar-refractivity contribution >= 4 is 0 Å². The van der Waals surface area contributed by atoms with Gasteiger partial charge < -0.3 is 15.0 Å². The third-order valence-corrected chi connectivity index (χ3v) is 4.06. The molecular formula is C15H19F2N5O. The minimum atomic E-state index is -0.871. The lowest BCUT2D eigenvalue weighted by Gasteiger charge is -2.38. The van der Waals surface area contributed by atoms with E-state index in [2.05, 4.69) is 15.5 Å². The van der Waals surface area contributed by atoms with Crippen LogP contribution >= 0.6 is 0 Å². The lowest BCUT2D eigenvalue weighted by atomic mass is 9.98. The third kappa shape index (κ3) is 3.72. The number of aliphatic hydroxyl groups is 1. The molecule has 1 aromatic heterocycles. The molecule has 2 aromatic rings. The van der Waals surface area contributed by atoms with E-state index in [1.807, 2.05) is 4.90 Å². The van der Waals surface area contributed by atoms with E-state index in [1.54, 1.807) is 4.57 Å². The van der Waals surface area contributed by atoms with Crippen LogP contribution in [0.3, 0.4) is 0 Å². The Morgan fingerprint density at radius 3 is 2.52 bits per heavy atom. The molecule has 2 unspecified atom stereocenters. The smallest absolute Gasteiger partial charge is 0.131 e. The summed E-state index contributed by atoms with van der Waals surface area (Å²) >= 11 is 0. The van der Waals surface area contributed by atoms with Crippen LogP contribution in [0.4, 0.5) is 8.78 Å². The Kier molecular flexibility index (Phi) is 4.94. The topological polar surface area (TPSA) is 66.2 Å². The van der Waals surface area contributed by atoms with Crippen molar-refractivity contribution in [3.8, 4) is 0 Å². The molecule has 0 bridgehead atoms. The van der Waals surface area contributed by atoms with Crippen molar-refractivity contribution < 1.29 is 13.9 Å². The molecule has 0 saturated carbocycles. The number of aliphatic hydroxyl groups excluding tert-OH is 1. The Morgan fingerprint density at radius 2 is 1.87 bits per heavy atom. The van der Waals surface area contributed by atoms with Crippen LogP contribution in [0, 0.1) is 11.6 Å². The second-order valence-corrected chi connectivity index (χ2v) is 5.62. The molecule has 8 heteroatoms. The van der Waals surface area contributed by atoms with Crippen molar-refractivity contribution in [2.24, 2.45) is 0 Å². The van der Waals surface area contributed by atoms with Crippen LogP contribution < -0.4 is 5.32 Å². The monoisotopic (exact) mass is 323 g/mol. The molecule has 2 heterocycles. The Hall–Kier alpha value is -1.90. The molecule has 124 valence electrons. The highest BCUT2D eigenvalue weighted by Gasteiger charge is 2.31. The highest BCUT2D eigenvalue weighted by Crippen LogP contribution is 2.28. The van der Waals surface area contributed by atoms with Gasteiger partial charge in [-0.3, -0.25) is 4.90 Å². The molecule has 0 amide bonds. The van der Waals surface area contributed by atoms with Gasteiger partial charge in [-0.05, 0) is 6.07 Å². The van der Waals surface area contributed by atoms with Crippen molar-refractivity contribution in [3.63, 3.8) is 0 Å². The van der Waals surface area contributed by atoms with Crippen molar-refractivity contribution in [2.45, 2.75) is 18.7 Å². The summed E-state index contributed by atoms with van der Waals surface area (Å²) in [6.07, 6.45) is 2.13. The molecule has 23 heavy (non-hydrogen) atoms. The van der Waals surface area contributed by atoms with E-state index in [4.69, 9.17) is 0 Å². The number of nitrogens with one attached hydrogen (secondary N) is 1. The van der Waals surface area contributed by atoms with E-state index in [0.717, 1.165) is 19.2 Å². The molecule has 1 aromatic carbocycles. The fraction of sp³-hybridized carbons (Fsp3) is 0.467. The van der Waals surface area contributed by atoms with Gasteiger partial charge in [-0.15, -0.1) is 10.2 Å². The van der Waals surface area contributed by atoms with Crippen molar-refractivity contribution in [1.29, 1.82) is 0 Å². The molecule has 1 saturated heterocycles. The maximum atomic E-state index is 14.3. The summed E-state index contributed by atoms with van der Waals surface area (Å²) in [5, 5.41) is 21.3. The predicted octanol–water partition coefficient (Wildman–Crippen LogP) is 0.564. The van der Waals surface area contributed by atoms with Gasteiger partial charge in [0.2, 0.25) is 0 Å². The highest BCUT2D eigenvalue weighted by molar-refractivity contribution is 5.23. The van der Waals surface area contributed by atoms with Crippen molar-refractivity contribution in [3.05, 3.63) is 48.1 Å². The van der Waals surface area contributed by atoms with Gasteiger partial charge in [0.1, 0.15) is 24.3 Å². The molecule has 2 atom stereocenters. The van der Waals surface area contributed by atoms with Gasteiger partial charge in [0.25, 0.3) is 0 Å². The molecule has 3 rings (SSSR count). The largest absolute Gasteiger partial charge is 0.389 e. The SMILES string of the molecule is OC(Cn1cnnc1)C(c1ccc(F)cc1F)N1CCNCC1. The van der Waals surface area contributed by atoms with Crippen LogP contribution in [-0.4, -0.2) is 57.1 Å². The maximum Gasteiger partial charge on any atom is 0.131 e. The normalized spacial score (nSPS) is 18.7. The average molecular weight is 323 g/mol. The average Bonchev–Trinajstić information content (AvgIpc) is 3.04. The van der Waals surface area contributed by atoms with Gasteiger partial charge in [0.05, 0.1) is 18.7 Å². The van der Waals surface area contributed by atoms with E-state index < -0.39 is 23.8 Å². The van der Waals surface area contributed by atoms with Crippen LogP contribution in [0.25, 0.3) is 0 Å². The first kappa shape index (κ1) is 16.0. The van der Waals surface area contributed by atoms with E-state index in [-0.39, 0.29) is 6.54 Å². The Labute approximate surface area is 132 Å². The fourth-order valence-electron chi connectivity index (χ4n) is 2.98. The molecule has 1 fully saturated rings. The Balaban J connectivity index is 1.88. The number of halogens is 2. The van der Waals surface area contributed by atoms with Crippen LogP contribution in [0.1, 0.15) is 11.6 Å². The predicted molar refractivity (Wildman–Crippen MR) is 79.6 cm³/mol. The molecule has 1 aliphatic rings. The zero-order chi connectivity index (χ0) is 16.2. The number of nitrogens with zero attached hydrogens (tertiary/aromatic N) is 4. The minimum absolute atomic E-state index is 0.235. The Bertz CT molecular complexity index is 631. The third-order valence-electron chi connectivity index (χ3n) is 4.06. The van der Waals surface area contributed by atoms with Gasteiger partial charge in [-0.25, -0.2) is 8.78 Å². The summed E-state index contributed by atoms with van der Waals surface area (Å²) in [5.41, 5.74) is 0.300. The van der Waals surface area contributed by atoms with Crippen LogP contribution in [0.2, 0.25) is 0 Å². The van der Waals surface area contributed by atoms with E-state index in [1.165, 1.54) is 24.8 Å². The highest BCUT2D eigenvalue weighted by atomic mass is 19.1. The summed E-state index contributed by atoms with van der Waals surface area (Å²) in [4.78, 5) is 2.02. The summed E-state index contributed by atoms with van der Waals surface area (Å²) in [6.45, 7) is 3.12. The standard InChI is InChI=1S/C15H19F2N5O/c16-11-1-2-12(13(17)7-11)15(22-5-3-18-4-6-22)14(23)8-21-9-19-20-10-21/h1-2,7,9-10,14-15,18,23H,3-6,8H2. The number of aromatic nitrogens is 3. The molecule has 2 N–H and O–H groups in total. The van der Waals surface area contributed by atoms with Gasteiger partial charge in [0, 0.05) is 37.8 Å². The number of hydrogen-bond donors (Lipinski definition) is 2. The first-order valence-corrected chi connectivity index (χ1v) is 7.55. The van der Waals surface area contributed by atoms with E-state index >= 15 is 0 Å². The zero-order valence-corrected chi connectivity index (χ0v) is 12.6. The molecule has 0 radical (unpaired) electrons. The summed E-state index contributed by atoms with van der Waals surface area (Å²) in [6, 6.07) is 2.93. The summed E-state index contributed by atoms with van der Waals surface area (Å²) in [5.74, 6) is -1.27. The molecule has 0 aliphatic carbocycles. The molecule has 6 nitrogen and oxygen atoms in total. The molecule has 1 aliphatic heterocycles. The van der Waals surface area contributed by atoms with Crippen LogP contribution in [-0.2, 0) is 6.54 Å². The summed E-state index contributed by atoms with van der Waals surface area (Å²) < 4.78 is 29.1. The quantitative estimate of drug-likeness (QED) is 0.842. The number of hydrogen-bond acceptors (Lipinski definition) is 5. The number of benzene rings is 1. The van der Waals surface area contributed by atoms with Crippen LogP contribution in [0.5, 0.6) is 0 Å². The zero-order valence-electron chi connectivity index (χ0n) is 12.6. The second kappa shape index (κ2) is 7.12. The van der Waals surface area contributed by atoms with Gasteiger partial charge in [0.15, 0.2) is 0 Å².